The Balaban J connectivity index is 1.46. The van der Waals surface area contributed by atoms with Crippen molar-refractivity contribution in [2.75, 3.05) is 11.5 Å². The smallest absolute Gasteiger partial charge is 0.296 e. The number of thiazole rings is 1. The summed E-state index contributed by atoms with van der Waals surface area (Å²) >= 11 is 16.2. The zero-order valence-electron chi connectivity index (χ0n) is 23.6. The number of aliphatic hydroxyl groups is 1. The van der Waals surface area contributed by atoms with Gasteiger partial charge >= 0.3 is 0 Å². The predicted octanol–water partition coefficient (Wildman–Crippen LogP) is 8.56. The fraction of sp³-hybridized carbons (Fsp3) is 0.300. The molecule has 1 atom stereocenters. The van der Waals surface area contributed by atoms with Gasteiger partial charge in [-0.3, -0.25) is 14.5 Å². The van der Waals surface area contributed by atoms with Crippen LogP contribution in [0.25, 0.3) is 0 Å². The Morgan fingerprint density at radius 3 is 2.53 bits per heavy atom. The van der Waals surface area contributed by atoms with E-state index in [0.29, 0.717) is 48.6 Å². The van der Waals surface area contributed by atoms with Crippen LogP contribution in [0.2, 0.25) is 10.0 Å². The molecule has 3 heterocycles. The molecule has 43 heavy (non-hydrogen) atoms. The van der Waals surface area contributed by atoms with Gasteiger partial charge in [-0.05, 0) is 55.7 Å². The summed E-state index contributed by atoms with van der Waals surface area (Å²) in [7, 11) is 0. The lowest BCUT2D eigenvalue weighted by atomic mass is 9.95. The summed E-state index contributed by atoms with van der Waals surface area (Å²) in [5.74, 6) is -0.587. The van der Waals surface area contributed by atoms with Crippen molar-refractivity contribution in [3.8, 4) is 5.75 Å². The molecule has 0 saturated carbocycles. The Labute approximate surface area is 271 Å². The van der Waals surface area contributed by atoms with Gasteiger partial charge in [-0.15, -0.1) is 21.5 Å². The van der Waals surface area contributed by atoms with Crippen molar-refractivity contribution in [1.82, 2.24) is 15.2 Å². The zero-order valence-corrected chi connectivity index (χ0v) is 27.6. The number of benzene rings is 2. The van der Waals surface area contributed by atoms with Gasteiger partial charge in [-0.25, -0.2) is 4.98 Å². The van der Waals surface area contributed by atoms with Crippen LogP contribution in [0.15, 0.2) is 58.1 Å². The number of halogens is 2. The fourth-order valence-corrected chi connectivity index (χ4v) is 7.94. The number of unbranched alkanes of at least 4 members (excludes halogenated alkanes) is 2. The number of hydrogen-bond donors (Lipinski definition) is 1. The quantitative estimate of drug-likeness (QED) is 0.0689. The number of amides is 1. The molecule has 5 rings (SSSR count). The van der Waals surface area contributed by atoms with Gasteiger partial charge in [0.1, 0.15) is 5.75 Å². The summed E-state index contributed by atoms with van der Waals surface area (Å²) in [6, 6.07) is 11.6. The maximum atomic E-state index is 13.9. The van der Waals surface area contributed by atoms with Gasteiger partial charge in [0.2, 0.25) is 10.9 Å². The van der Waals surface area contributed by atoms with E-state index in [1.807, 2.05) is 13.0 Å². The van der Waals surface area contributed by atoms with E-state index in [1.54, 1.807) is 43.3 Å². The molecular formula is C30H28Cl2N4O4S3. The van der Waals surface area contributed by atoms with Gasteiger partial charge in [0.05, 0.1) is 33.8 Å². The molecule has 4 aromatic rings. The van der Waals surface area contributed by atoms with Crippen LogP contribution in [-0.2, 0) is 10.5 Å². The van der Waals surface area contributed by atoms with Crippen molar-refractivity contribution >= 4 is 74.5 Å². The minimum absolute atomic E-state index is 0.0225. The van der Waals surface area contributed by atoms with E-state index in [-0.39, 0.29) is 10.7 Å². The van der Waals surface area contributed by atoms with E-state index in [1.165, 1.54) is 39.3 Å². The molecule has 2 aromatic carbocycles. The zero-order chi connectivity index (χ0) is 30.7. The average molecular weight is 676 g/mol. The molecule has 1 amide bonds. The third kappa shape index (κ3) is 6.91. The number of Topliss-reactive ketones (excluding diaryl/α,β-unsaturated/α-hetero) is 1. The number of ketones is 1. The number of aliphatic hydroxyl groups excluding tert-OH is 1. The van der Waals surface area contributed by atoms with Crippen molar-refractivity contribution < 1.29 is 19.4 Å². The second-order valence-corrected chi connectivity index (χ2v) is 14.0. The van der Waals surface area contributed by atoms with Crippen LogP contribution in [-0.4, -0.2) is 38.6 Å². The van der Waals surface area contributed by atoms with Gasteiger partial charge in [-0.1, -0.05) is 84.3 Å². The van der Waals surface area contributed by atoms with Gasteiger partial charge in [0.15, 0.2) is 10.1 Å². The second-order valence-electron chi connectivity index (χ2n) is 9.82. The van der Waals surface area contributed by atoms with Crippen LogP contribution in [0.3, 0.4) is 0 Å². The highest BCUT2D eigenvalue weighted by atomic mass is 35.5. The highest BCUT2D eigenvalue weighted by Crippen LogP contribution is 2.45. The van der Waals surface area contributed by atoms with Crippen molar-refractivity contribution in [3.63, 3.8) is 0 Å². The van der Waals surface area contributed by atoms with E-state index in [0.717, 1.165) is 29.8 Å². The minimum atomic E-state index is -0.924. The van der Waals surface area contributed by atoms with Crippen LogP contribution < -0.4 is 9.64 Å². The normalized spacial score (nSPS) is 15.0. The number of rotatable bonds is 12. The third-order valence-corrected chi connectivity index (χ3v) is 10.5. The van der Waals surface area contributed by atoms with E-state index in [4.69, 9.17) is 27.9 Å². The van der Waals surface area contributed by atoms with Crippen LogP contribution in [0.5, 0.6) is 5.75 Å². The average Bonchev–Trinajstić information content (AvgIpc) is 3.66. The Hall–Kier alpha value is -2.96. The standard InChI is InChI=1S/C30H28Cl2N4O4S3/c1-4-5-6-13-40-21-11-8-18(9-12-21)24-23(25(37)27-16(2)33-17(3)42-27)26(38)28(39)36(24)29-34-35-30(43-29)41-15-19-7-10-20(31)14-22(19)32/h7-12,14,24,38H,4-6,13,15H2,1-3H3. The molecule has 1 unspecified atom stereocenters. The lowest BCUT2D eigenvalue weighted by Gasteiger charge is -2.24. The summed E-state index contributed by atoms with van der Waals surface area (Å²) in [5, 5.41) is 21.8. The summed E-state index contributed by atoms with van der Waals surface area (Å²) in [6.07, 6.45) is 3.13. The number of anilines is 1. The Kier molecular flexibility index (Phi) is 10.1. The van der Waals surface area contributed by atoms with Crippen LogP contribution in [0.1, 0.15) is 63.7 Å². The SMILES string of the molecule is CCCCCOc1ccc(C2C(C(=O)c3sc(C)nc3C)=C(O)C(=O)N2c2nnc(SCc3ccc(Cl)cc3Cl)s2)cc1. The summed E-state index contributed by atoms with van der Waals surface area (Å²) in [5.41, 5.74) is 2.02. The second kappa shape index (κ2) is 13.8. The van der Waals surface area contributed by atoms with Gasteiger partial charge in [0.25, 0.3) is 5.91 Å². The predicted molar refractivity (Wildman–Crippen MR) is 173 cm³/mol. The molecule has 1 aliphatic rings. The molecule has 1 N–H and O–H groups in total. The molecule has 0 radical (unpaired) electrons. The van der Waals surface area contributed by atoms with Gasteiger partial charge < -0.3 is 9.84 Å². The Bertz CT molecular complexity index is 1690. The molecule has 8 nitrogen and oxygen atoms in total. The lowest BCUT2D eigenvalue weighted by molar-refractivity contribution is -0.117. The van der Waals surface area contributed by atoms with E-state index in [2.05, 4.69) is 22.1 Å². The molecule has 0 fully saturated rings. The van der Waals surface area contributed by atoms with Crippen molar-refractivity contribution in [2.24, 2.45) is 0 Å². The summed E-state index contributed by atoms with van der Waals surface area (Å²) in [4.78, 5) is 33.6. The molecule has 0 bridgehead atoms. The number of carbonyl (C=O) groups is 2. The highest BCUT2D eigenvalue weighted by Gasteiger charge is 2.46. The number of thioether (sulfide) groups is 1. The van der Waals surface area contributed by atoms with Crippen molar-refractivity contribution in [2.45, 2.75) is 56.2 Å². The maximum absolute atomic E-state index is 13.9. The molecule has 224 valence electrons. The van der Waals surface area contributed by atoms with E-state index < -0.39 is 23.5 Å². The number of hydrogen-bond acceptors (Lipinski definition) is 10. The largest absolute Gasteiger partial charge is 0.503 e. The number of ether oxygens (including phenoxy) is 1. The molecule has 0 saturated heterocycles. The number of carbonyl (C=O) groups excluding carboxylic acids is 2. The molecule has 13 heteroatoms. The Morgan fingerprint density at radius 1 is 1.09 bits per heavy atom. The van der Waals surface area contributed by atoms with Crippen molar-refractivity contribution in [3.05, 3.63) is 90.5 Å². The lowest BCUT2D eigenvalue weighted by Crippen LogP contribution is -2.31. The van der Waals surface area contributed by atoms with Crippen LogP contribution in [0.4, 0.5) is 5.13 Å². The highest BCUT2D eigenvalue weighted by molar-refractivity contribution is 8.00. The third-order valence-electron chi connectivity index (χ3n) is 6.74. The van der Waals surface area contributed by atoms with Crippen LogP contribution in [0, 0.1) is 13.8 Å². The van der Waals surface area contributed by atoms with Crippen LogP contribution >= 0.6 is 57.6 Å². The first-order valence-electron chi connectivity index (χ1n) is 13.6. The monoisotopic (exact) mass is 674 g/mol. The fourth-order valence-electron chi connectivity index (χ4n) is 4.64. The van der Waals surface area contributed by atoms with E-state index in [9.17, 15) is 14.7 Å². The molecule has 1 aliphatic heterocycles. The first-order valence-corrected chi connectivity index (χ1v) is 16.9. The maximum Gasteiger partial charge on any atom is 0.296 e. The molecular weight excluding hydrogens is 647 g/mol. The molecule has 0 aliphatic carbocycles. The number of aryl methyl sites for hydroxylation is 2. The summed E-state index contributed by atoms with van der Waals surface area (Å²) < 4.78 is 6.46. The molecule has 2 aromatic heterocycles. The van der Waals surface area contributed by atoms with Crippen molar-refractivity contribution in [1.29, 1.82) is 0 Å². The topological polar surface area (TPSA) is 106 Å². The first-order chi connectivity index (χ1) is 20.7. The minimum Gasteiger partial charge on any atom is -0.503 e. The first kappa shape index (κ1) is 31.5. The Morgan fingerprint density at radius 2 is 1.86 bits per heavy atom. The number of nitrogens with zero attached hydrogens (tertiary/aromatic N) is 4. The summed E-state index contributed by atoms with van der Waals surface area (Å²) in [6.45, 7) is 6.28. The number of aromatic nitrogens is 3. The van der Waals surface area contributed by atoms with E-state index >= 15 is 0 Å². The van der Waals surface area contributed by atoms with Gasteiger partial charge in [0, 0.05) is 15.8 Å². The molecule has 0 spiro atoms. The van der Waals surface area contributed by atoms with Gasteiger partial charge in [-0.2, -0.15) is 0 Å².